The molecule has 0 unspecified atom stereocenters. The third kappa shape index (κ3) is 4.47. The summed E-state index contributed by atoms with van der Waals surface area (Å²) in [7, 11) is 0. The van der Waals surface area contributed by atoms with E-state index in [0.29, 0.717) is 17.3 Å². The van der Waals surface area contributed by atoms with Crippen molar-refractivity contribution in [3.05, 3.63) is 101 Å². The molecule has 0 aliphatic carbocycles. The van der Waals surface area contributed by atoms with E-state index in [1.807, 2.05) is 54.7 Å². The number of para-hydroxylation sites is 1. The normalized spacial score (nSPS) is 11.9. The fraction of sp³-hybridized carbons (Fsp3) is 0.125. The lowest BCUT2D eigenvalue weighted by atomic mass is 9.91. The Labute approximate surface area is 178 Å². The summed E-state index contributed by atoms with van der Waals surface area (Å²) >= 11 is 6.48. The zero-order valence-electron chi connectivity index (χ0n) is 16.1. The first-order chi connectivity index (χ1) is 14.6. The van der Waals surface area contributed by atoms with Crippen LogP contribution in [0.1, 0.15) is 17.0 Å². The van der Waals surface area contributed by atoms with E-state index in [2.05, 4.69) is 10.3 Å². The van der Waals surface area contributed by atoms with Crippen molar-refractivity contribution in [2.45, 2.75) is 5.92 Å². The second-order valence-electron chi connectivity index (χ2n) is 6.91. The number of carbonyl (C=O) groups is 1. The van der Waals surface area contributed by atoms with E-state index in [1.54, 1.807) is 0 Å². The summed E-state index contributed by atoms with van der Waals surface area (Å²) in [5.41, 5.74) is 3.01. The minimum Gasteiger partial charge on any atom is -0.484 e. The maximum absolute atomic E-state index is 13.0. The first kappa shape index (κ1) is 20.0. The third-order valence-electron chi connectivity index (χ3n) is 4.96. The van der Waals surface area contributed by atoms with Crippen LogP contribution >= 0.6 is 11.6 Å². The predicted octanol–water partition coefficient (Wildman–Crippen LogP) is 5.29. The van der Waals surface area contributed by atoms with Crippen molar-refractivity contribution in [2.75, 3.05) is 13.2 Å². The van der Waals surface area contributed by atoms with Gasteiger partial charge in [-0.25, -0.2) is 4.39 Å². The predicted molar refractivity (Wildman–Crippen MR) is 116 cm³/mol. The zero-order valence-corrected chi connectivity index (χ0v) is 16.8. The number of nitrogens with one attached hydrogen (secondary N) is 2. The zero-order chi connectivity index (χ0) is 20.9. The molecule has 0 bridgehead atoms. The second kappa shape index (κ2) is 9.01. The molecule has 0 aliphatic rings. The molecule has 0 saturated carbocycles. The Morgan fingerprint density at radius 2 is 1.73 bits per heavy atom. The van der Waals surface area contributed by atoms with Gasteiger partial charge in [-0.15, -0.1) is 0 Å². The van der Waals surface area contributed by atoms with Gasteiger partial charge < -0.3 is 15.0 Å². The van der Waals surface area contributed by atoms with Gasteiger partial charge in [0.2, 0.25) is 0 Å². The summed E-state index contributed by atoms with van der Waals surface area (Å²) in [4.78, 5) is 15.7. The number of H-pyrrole nitrogens is 1. The number of carbonyl (C=O) groups excluding carboxylic acids is 1. The molecule has 30 heavy (non-hydrogen) atoms. The van der Waals surface area contributed by atoms with Crippen LogP contribution in [0.4, 0.5) is 4.39 Å². The van der Waals surface area contributed by atoms with E-state index >= 15 is 0 Å². The number of hydrogen-bond acceptors (Lipinski definition) is 2. The number of fused-ring (bicyclic) bond motifs is 1. The molecule has 0 fully saturated rings. The van der Waals surface area contributed by atoms with Gasteiger partial charge in [-0.2, -0.15) is 0 Å². The van der Waals surface area contributed by atoms with Gasteiger partial charge in [0.1, 0.15) is 11.6 Å². The third-order valence-corrected chi connectivity index (χ3v) is 5.31. The Hall–Kier alpha value is -3.31. The van der Waals surface area contributed by atoms with Crippen molar-refractivity contribution in [3.63, 3.8) is 0 Å². The highest BCUT2D eigenvalue weighted by Gasteiger charge is 2.21. The molecule has 6 heteroatoms. The minimum absolute atomic E-state index is 0.135. The van der Waals surface area contributed by atoms with Crippen molar-refractivity contribution in [2.24, 2.45) is 0 Å². The van der Waals surface area contributed by atoms with E-state index in [9.17, 15) is 9.18 Å². The van der Waals surface area contributed by atoms with Crippen LogP contribution in [0.2, 0.25) is 5.02 Å². The van der Waals surface area contributed by atoms with Gasteiger partial charge in [-0.1, -0.05) is 48.0 Å². The standard InChI is InChI=1S/C24H20ClFN2O2/c25-22-7-3-1-5-18(22)20(21-13-27-23-8-4-2-6-19(21)23)14-28-24(29)15-30-17-11-9-16(26)10-12-17/h1-13,20,27H,14-15H2,(H,28,29)/t20-/m1/s1. The molecular formula is C24H20ClFN2O2. The Balaban J connectivity index is 1.51. The average Bonchev–Trinajstić information content (AvgIpc) is 3.19. The molecule has 1 amide bonds. The Bertz CT molecular complexity index is 1160. The van der Waals surface area contributed by atoms with E-state index in [-0.39, 0.29) is 24.2 Å². The minimum atomic E-state index is -0.354. The summed E-state index contributed by atoms with van der Waals surface area (Å²) in [6, 6.07) is 21.2. The van der Waals surface area contributed by atoms with Crippen LogP contribution < -0.4 is 10.1 Å². The van der Waals surface area contributed by atoms with E-state index in [1.165, 1.54) is 24.3 Å². The van der Waals surface area contributed by atoms with Gasteiger partial charge in [0.25, 0.3) is 5.91 Å². The van der Waals surface area contributed by atoms with Crippen molar-refractivity contribution in [1.29, 1.82) is 0 Å². The van der Waals surface area contributed by atoms with E-state index in [0.717, 1.165) is 22.0 Å². The van der Waals surface area contributed by atoms with Crippen molar-refractivity contribution in [3.8, 4) is 5.75 Å². The van der Waals surface area contributed by atoms with Crippen LogP contribution in [0.15, 0.2) is 79.0 Å². The molecule has 0 radical (unpaired) electrons. The summed E-state index contributed by atoms with van der Waals surface area (Å²) in [5.74, 6) is -0.320. The lowest BCUT2D eigenvalue weighted by molar-refractivity contribution is -0.123. The van der Waals surface area contributed by atoms with Crippen LogP contribution in [0.3, 0.4) is 0 Å². The lowest BCUT2D eigenvalue weighted by Crippen LogP contribution is -2.32. The topological polar surface area (TPSA) is 54.1 Å². The molecule has 4 aromatic rings. The first-order valence-electron chi connectivity index (χ1n) is 9.57. The highest BCUT2D eigenvalue weighted by molar-refractivity contribution is 6.31. The van der Waals surface area contributed by atoms with Gasteiger partial charge in [-0.3, -0.25) is 4.79 Å². The Morgan fingerprint density at radius 1 is 1.00 bits per heavy atom. The lowest BCUT2D eigenvalue weighted by Gasteiger charge is -2.19. The van der Waals surface area contributed by atoms with Crippen LogP contribution in [-0.4, -0.2) is 24.0 Å². The molecule has 0 saturated heterocycles. The largest absolute Gasteiger partial charge is 0.484 e. The molecule has 0 spiro atoms. The highest BCUT2D eigenvalue weighted by Crippen LogP contribution is 2.34. The van der Waals surface area contributed by atoms with Crippen LogP contribution in [0.5, 0.6) is 5.75 Å². The molecule has 1 heterocycles. The summed E-state index contributed by atoms with van der Waals surface area (Å²) < 4.78 is 18.4. The van der Waals surface area contributed by atoms with E-state index in [4.69, 9.17) is 16.3 Å². The maximum atomic E-state index is 13.0. The quantitative estimate of drug-likeness (QED) is 0.425. The van der Waals surface area contributed by atoms with E-state index < -0.39 is 0 Å². The number of aromatic nitrogens is 1. The summed E-state index contributed by atoms with van der Waals surface area (Å²) in [6.45, 7) is 0.200. The second-order valence-corrected chi connectivity index (χ2v) is 7.32. The molecule has 2 N–H and O–H groups in total. The van der Waals surface area contributed by atoms with Crippen LogP contribution in [-0.2, 0) is 4.79 Å². The number of amides is 1. The smallest absolute Gasteiger partial charge is 0.257 e. The van der Waals surface area contributed by atoms with Crippen molar-refractivity contribution in [1.82, 2.24) is 10.3 Å². The molecular weight excluding hydrogens is 403 g/mol. The fourth-order valence-electron chi connectivity index (χ4n) is 3.47. The number of rotatable bonds is 7. The number of halogens is 2. The molecule has 4 rings (SSSR count). The summed E-state index contributed by atoms with van der Waals surface area (Å²) in [6.07, 6.45) is 1.96. The number of aromatic amines is 1. The van der Waals surface area contributed by atoms with Crippen molar-refractivity contribution < 1.29 is 13.9 Å². The number of ether oxygens (including phenoxy) is 1. The molecule has 3 aromatic carbocycles. The van der Waals surface area contributed by atoms with Crippen LogP contribution in [0.25, 0.3) is 10.9 Å². The highest BCUT2D eigenvalue weighted by atomic mass is 35.5. The van der Waals surface area contributed by atoms with Gasteiger partial charge in [0.15, 0.2) is 6.61 Å². The first-order valence-corrected chi connectivity index (χ1v) is 9.95. The van der Waals surface area contributed by atoms with Crippen molar-refractivity contribution >= 4 is 28.4 Å². The van der Waals surface area contributed by atoms with Gasteiger partial charge in [0.05, 0.1) is 0 Å². The number of benzene rings is 3. The maximum Gasteiger partial charge on any atom is 0.257 e. The average molecular weight is 423 g/mol. The molecule has 152 valence electrons. The Kier molecular flexibility index (Phi) is 6.00. The fourth-order valence-corrected chi connectivity index (χ4v) is 3.74. The Morgan fingerprint density at radius 3 is 2.53 bits per heavy atom. The monoisotopic (exact) mass is 422 g/mol. The molecule has 1 aromatic heterocycles. The molecule has 1 atom stereocenters. The molecule has 0 aliphatic heterocycles. The van der Waals surface area contributed by atoms with Gasteiger partial charge >= 0.3 is 0 Å². The summed E-state index contributed by atoms with van der Waals surface area (Å²) in [5, 5.41) is 4.66. The number of hydrogen-bond donors (Lipinski definition) is 2. The molecule has 4 nitrogen and oxygen atoms in total. The van der Waals surface area contributed by atoms with Gasteiger partial charge in [-0.05, 0) is 47.5 Å². The van der Waals surface area contributed by atoms with Gasteiger partial charge in [0, 0.05) is 34.6 Å². The van der Waals surface area contributed by atoms with Crippen LogP contribution in [0, 0.1) is 5.82 Å². The SMILES string of the molecule is O=C(COc1ccc(F)cc1)NC[C@H](c1ccccc1Cl)c1c[nH]c2ccccc12.